The molecule has 6 heteroatoms. The van der Waals surface area contributed by atoms with Crippen LogP contribution in [0.25, 0.3) is 0 Å². The maximum atomic E-state index is 11.9. The molecule has 0 saturated heterocycles. The quantitative estimate of drug-likeness (QED) is 0.641. The van der Waals surface area contributed by atoms with E-state index in [1.807, 2.05) is 0 Å². The molecule has 2 N–H and O–H groups in total. The number of carbonyl (C=O) groups is 1. The topological polar surface area (TPSA) is 92.5 Å². The molecular formula is C13H16N2O4. The van der Waals surface area contributed by atoms with Crippen LogP contribution in [0.5, 0.6) is 0 Å². The first-order valence-corrected chi connectivity index (χ1v) is 6.31. The summed E-state index contributed by atoms with van der Waals surface area (Å²) >= 11 is 0. The molecule has 0 bridgehead atoms. The number of benzene rings is 1. The molecule has 1 aliphatic rings. The smallest absolute Gasteiger partial charge is 0.269 e. The van der Waals surface area contributed by atoms with E-state index in [0.717, 1.165) is 19.3 Å². The zero-order valence-electron chi connectivity index (χ0n) is 10.4. The molecule has 102 valence electrons. The van der Waals surface area contributed by atoms with E-state index in [4.69, 9.17) is 0 Å². The first-order chi connectivity index (χ1) is 9.08. The minimum Gasteiger partial charge on any atom is -0.391 e. The van der Waals surface area contributed by atoms with Crippen molar-refractivity contribution in [2.75, 3.05) is 0 Å². The summed E-state index contributed by atoms with van der Waals surface area (Å²) < 4.78 is 0. The Kier molecular flexibility index (Phi) is 4.11. The van der Waals surface area contributed by atoms with Crippen molar-refractivity contribution in [1.82, 2.24) is 5.32 Å². The largest absolute Gasteiger partial charge is 0.391 e. The van der Waals surface area contributed by atoms with E-state index >= 15 is 0 Å². The predicted octanol–water partition coefficient (Wildman–Crippen LogP) is 1.63. The molecule has 0 aliphatic heterocycles. The third kappa shape index (κ3) is 3.29. The highest BCUT2D eigenvalue weighted by atomic mass is 16.6. The summed E-state index contributed by atoms with van der Waals surface area (Å²) in [7, 11) is 0. The zero-order valence-corrected chi connectivity index (χ0v) is 10.4. The normalized spacial score (nSPS) is 22.8. The summed E-state index contributed by atoms with van der Waals surface area (Å²) in [6.45, 7) is 0. The standard InChI is InChI=1S/C13H16N2O4/c16-12-4-2-1-3-11(12)14-13(17)9-5-7-10(8-6-9)15(18)19/h5-8,11-12,16H,1-4H2,(H,14,17)/t11-,12+/m0/s1. The molecule has 0 heterocycles. The Morgan fingerprint density at radius 2 is 1.89 bits per heavy atom. The molecule has 6 nitrogen and oxygen atoms in total. The van der Waals surface area contributed by atoms with Crippen LogP contribution in [0, 0.1) is 10.1 Å². The number of aliphatic hydroxyl groups excluding tert-OH is 1. The number of nitro groups is 1. The highest BCUT2D eigenvalue weighted by Gasteiger charge is 2.24. The molecule has 0 radical (unpaired) electrons. The van der Waals surface area contributed by atoms with Crippen LogP contribution in [0.15, 0.2) is 24.3 Å². The van der Waals surface area contributed by atoms with Crippen LogP contribution < -0.4 is 5.32 Å². The number of amides is 1. The fraction of sp³-hybridized carbons (Fsp3) is 0.462. The Morgan fingerprint density at radius 3 is 2.47 bits per heavy atom. The highest BCUT2D eigenvalue weighted by Crippen LogP contribution is 2.19. The lowest BCUT2D eigenvalue weighted by atomic mass is 9.92. The van der Waals surface area contributed by atoms with Crippen molar-refractivity contribution in [3.05, 3.63) is 39.9 Å². The number of aliphatic hydroxyl groups is 1. The van der Waals surface area contributed by atoms with Gasteiger partial charge in [0.2, 0.25) is 0 Å². The first kappa shape index (κ1) is 13.5. The van der Waals surface area contributed by atoms with E-state index in [-0.39, 0.29) is 17.6 Å². The predicted molar refractivity (Wildman–Crippen MR) is 68.8 cm³/mol. The summed E-state index contributed by atoms with van der Waals surface area (Å²) in [6.07, 6.45) is 2.93. The maximum Gasteiger partial charge on any atom is 0.269 e. The average Bonchev–Trinajstić information content (AvgIpc) is 2.41. The Bertz CT molecular complexity index is 472. The number of nitrogens with one attached hydrogen (secondary N) is 1. The summed E-state index contributed by atoms with van der Waals surface area (Å²) in [5, 5.41) is 23.1. The van der Waals surface area contributed by atoms with Gasteiger partial charge in [-0.2, -0.15) is 0 Å². The van der Waals surface area contributed by atoms with Crippen molar-refractivity contribution in [2.45, 2.75) is 37.8 Å². The SMILES string of the molecule is O=C(N[C@H]1CCCC[C@H]1O)c1ccc([N+](=O)[O-])cc1. The summed E-state index contributed by atoms with van der Waals surface area (Å²) in [5.41, 5.74) is 0.317. The van der Waals surface area contributed by atoms with Gasteiger partial charge in [0.25, 0.3) is 11.6 Å². The molecule has 1 amide bonds. The zero-order chi connectivity index (χ0) is 13.8. The van der Waals surface area contributed by atoms with Gasteiger partial charge in [-0.25, -0.2) is 0 Å². The second kappa shape index (κ2) is 5.79. The van der Waals surface area contributed by atoms with Crippen molar-refractivity contribution < 1.29 is 14.8 Å². The summed E-state index contributed by atoms with van der Waals surface area (Å²) in [6, 6.07) is 5.21. The molecule has 2 rings (SSSR count). The second-order valence-corrected chi connectivity index (χ2v) is 4.74. The van der Waals surface area contributed by atoms with Gasteiger partial charge in [-0.15, -0.1) is 0 Å². The van der Waals surface area contributed by atoms with E-state index in [2.05, 4.69) is 5.32 Å². The van der Waals surface area contributed by atoms with Crippen molar-refractivity contribution >= 4 is 11.6 Å². The number of hydrogen-bond acceptors (Lipinski definition) is 4. The third-order valence-corrected chi connectivity index (χ3v) is 3.39. The van der Waals surface area contributed by atoms with Crippen molar-refractivity contribution in [3.8, 4) is 0 Å². The molecule has 0 aromatic heterocycles. The van der Waals surface area contributed by atoms with Gasteiger partial charge in [0.15, 0.2) is 0 Å². The lowest BCUT2D eigenvalue weighted by Crippen LogP contribution is -2.45. The molecule has 1 aromatic carbocycles. The van der Waals surface area contributed by atoms with Gasteiger partial charge in [-0.3, -0.25) is 14.9 Å². The third-order valence-electron chi connectivity index (χ3n) is 3.39. The van der Waals surface area contributed by atoms with Crippen molar-refractivity contribution in [3.63, 3.8) is 0 Å². The van der Waals surface area contributed by atoms with Gasteiger partial charge in [-0.1, -0.05) is 12.8 Å². The maximum absolute atomic E-state index is 11.9. The van der Waals surface area contributed by atoms with E-state index in [1.54, 1.807) is 0 Å². The second-order valence-electron chi connectivity index (χ2n) is 4.74. The molecule has 1 aliphatic carbocycles. The molecule has 1 aromatic rings. The van der Waals surface area contributed by atoms with Gasteiger partial charge < -0.3 is 10.4 Å². The van der Waals surface area contributed by atoms with Crippen molar-refractivity contribution in [1.29, 1.82) is 0 Å². The number of nitrogens with zero attached hydrogens (tertiary/aromatic N) is 1. The number of nitro benzene ring substituents is 1. The highest BCUT2D eigenvalue weighted by molar-refractivity contribution is 5.94. The summed E-state index contributed by atoms with van der Waals surface area (Å²) in [4.78, 5) is 22.0. The van der Waals surface area contributed by atoms with E-state index in [0.29, 0.717) is 12.0 Å². The summed E-state index contributed by atoms with van der Waals surface area (Å²) in [5.74, 6) is -0.305. The lowest BCUT2D eigenvalue weighted by molar-refractivity contribution is -0.384. The fourth-order valence-electron chi connectivity index (χ4n) is 2.27. The minimum atomic E-state index is -0.507. The fourth-order valence-corrected chi connectivity index (χ4v) is 2.27. The number of non-ortho nitro benzene ring substituents is 1. The monoisotopic (exact) mass is 264 g/mol. The molecule has 19 heavy (non-hydrogen) atoms. The molecule has 0 spiro atoms. The Labute approximate surface area is 110 Å². The van der Waals surface area contributed by atoms with Crippen LogP contribution >= 0.6 is 0 Å². The van der Waals surface area contributed by atoms with Gasteiger partial charge in [-0.05, 0) is 25.0 Å². The van der Waals surface area contributed by atoms with Crippen LogP contribution in [-0.4, -0.2) is 28.1 Å². The molecular weight excluding hydrogens is 248 g/mol. The molecule has 2 atom stereocenters. The van der Waals surface area contributed by atoms with Crippen LogP contribution in [0.4, 0.5) is 5.69 Å². The van der Waals surface area contributed by atoms with Crippen molar-refractivity contribution in [2.24, 2.45) is 0 Å². The number of hydrogen-bond donors (Lipinski definition) is 2. The van der Waals surface area contributed by atoms with E-state index in [9.17, 15) is 20.0 Å². The number of carbonyl (C=O) groups excluding carboxylic acids is 1. The van der Waals surface area contributed by atoms with Crippen LogP contribution in [-0.2, 0) is 0 Å². The van der Waals surface area contributed by atoms with Crippen LogP contribution in [0.2, 0.25) is 0 Å². The van der Waals surface area contributed by atoms with Gasteiger partial charge >= 0.3 is 0 Å². The molecule has 1 saturated carbocycles. The minimum absolute atomic E-state index is 0.0470. The Balaban J connectivity index is 2.01. The van der Waals surface area contributed by atoms with E-state index in [1.165, 1.54) is 24.3 Å². The van der Waals surface area contributed by atoms with Crippen LogP contribution in [0.1, 0.15) is 36.0 Å². The van der Waals surface area contributed by atoms with E-state index < -0.39 is 11.0 Å². The number of rotatable bonds is 3. The van der Waals surface area contributed by atoms with Gasteiger partial charge in [0.1, 0.15) is 0 Å². The Hall–Kier alpha value is -1.95. The Morgan fingerprint density at radius 1 is 1.26 bits per heavy atom. The van der Waals surface area contributed by atoms with Gasteiger partial charge in [0.05, 0.1) is 17.1 Å². The van der Waals surface area contributed by atoms with Crippen LogP contribution in [0.3, 0.4) is 0 Å². The molecule has 1 fully saturated rings. The molecule has 0 unspecified atom stereocenters. The average molecular weight is 264 g/mol. The lowest BCUT2D eigenvalue weighted by Gasteiger charge is -2.28. The van der Waals surface area contributed by atoms with Gasteiger partial charge in [0, 0.05) is 17.7 Å². The first-order valence-electron chi connectivity index (χ1n) is 6.31.